The van der Waals surface area contributed by atoms with Crippen LogP contribution in [0.5, 0.6) is 0 Å². The Morgan fingerprint density at radius 3 is 1.74 bits per heavy atom. The fourth-order valence-electron chi connectivity index (χ4n) is 7.83. The van der Waals surface area contributed by atoms with Gasteiger partial charge in [-0.25, -0.2) is 28.1 Å². The van der Waals surface area contributed by atoms with Crippen LogP contribution in [0.1, 0.15) is 82.9 Å². The standard InChI is InChI=1S/C23H24FN3O3.C22H22FN3O3.3CH4/c1-15-12-18(8-9-20(15)24)27-22(28)19-14-26(11-10-21(19)25(27)2)13-16-4-6-17(7-5-16)23(29)30-3;1-14-11-17(7-8-19(14)23)26-21(27)18-13-25(10-9-20(18)24-26)12-15-3-5-16(6-4-15)22(28)29-2;;;/h4-9,12H,10-11,13-14H2,1-3H3;3-8,11,18H,9-10,12-13H2,1-2H3;3*1H4. The van der Waals surface area contributed by atoms with Crippen molar-refractivity contribution in [3.63, 3.8) is 0 Å². The lowest BCUT2D eigenvalue weighted by Crippen LogP contribution is -2.43. The minimum Gasteiger partial charge on any atom is -0.465 e. The zero-order valence-corrected chi connectivity index (χ0v) is 33.7. The van der Waals surface area contributed by atoms with Gasteiger partial charge in [0, 0.05) is 64.9 Å². The molecule has 0 N–H and O–H groups in total. The molecule has 1 fully saturated rings. The number of hydrogen-bond acceptors (Lipinski definition) is 9. The minimum atomic E-state index is -0.358. The number of methoxy groups -OCH3 is 2. The second kappa shape index (κ2) is 20.5. The molecular formula is C48H58F2N6O6. The summed E-state index contributed by atoms with van der Waals surface area (Å²) in [6.45, 7) is 7.51. The SMILES string of the molecule is C.C.C.COC(=O)c1ccc(CN2CCC3=NN(c4ccc(F)c(C)c4)C(=O)C3C2)cc1.COC(=O)c1ccc(CN2CCc3c(c(=O)n(-c4ccc(F)c(C)c4)n3C)C2)cc1. The first-order valence-corrected chi connectivity index (χ1v) is 19.4. The van der Waals surface area contributed by atoms with Crippen LogP contribution in [0.3, 0.4) is 0 Å². The van der Waals surface area contributed by atoms with Crippen LogP contribution in [0.2, 0.25) is 0 Å². The van der Waals surface area contributed by atoms with Gasteiger partial charge in [0.05, 0.1) is 53.9 Å². The lowest BCUT2D eigenvalue weighted by Gasteiger charge is -2.30. The molecule has 0 bridgehead atoms. The topological polar surface area (TPSA) is 119 Å². The van der Waals surface area contributed by atoms with Gasteiger partial charge in [-0.3, -0.25) is 24.1 Å². The number of aryl methyl sites for hydroxylation is 2. The van der Waals surface area contributed by atoms with Crippen molar-refractivity contribution in [1.29, 1.82) is 0 Å². The Labute approximate surface area is 362 Å². The quantitative estimate of drug-likeness (QED) is 0.144. The third-order valence-corrected chi connectivity index (χ3v) is 11.1. The van der Waals surface area contributed by atoms with Crippen molar-refractivity contribution in [2.45, 2.75) is 68.6 Å². The molecule has 1 saturated heterocycles. The number of anilines is 1. The summed E-state index contributed by atoms with van der Waals surface area (Å²) in [6.07, 6.45) is 1.47. The summed E-state index contributed by atoms with van der Waals surface area (Å²) in [4.78, 5) is 53.7. The molecule has 1 aromatic heterocycles. The van der Waals surface area contributed by atoms with Crippen LogP contribution in [0.4, 0.5) is 14.5 Å². The van der Waals surface area contributed by atoms with Crippen LogP contribution in [0.15, 0.2) is 94.8 Å². The van der Waals surface area contributed by atoms with Crippen LogP contribution < -0.4 is 10.6 Å². The Bertz CT molecular complexity index is 2500. The fraction of sp³-hybridized carbons (Fsp3) is 0.354. The largest absolute Gasteiger partial charge is 0.465 e. The Morgan fingerprint density at radius 1 is 0.710 bits per heavy atom. The van der Waals surface area contributed by atoms with E-state index in [1.165, 1.54) is 31.4 Å². The second-order valence-corrected chi connectivity index (χ2v) is 15.0. The Balaban J connectivity index is 0.000000260. The van der Waals surface area contributed by atoms with Crippen molar-refractivity contribution in [2.75, 3.05) is 38.9 Å². The number of hydrogen-bond donors (Lipinski definition) is 0. The molecule has 0 spiro atoms. The Kier molecular flexibility index (Phi) is 16.0. The van der Waals surface area contributed by atoms with Crippen molar-refractivity contribution < 1.29 is 32.6 Å². The molecule has 4 aromatic carbocycles. The first-order valence-electron chi connectivity index (χ1n) is 19.4. The van der Waals surface area contributed by atoms with E-state index in [-0.39, 0.29) is 63.2 Å². The van der Waals surface area contributed by atoms with Gasteiger partial charge in [0.1, 0.15) is 11.6 Å². The second-order valence-electron chi connectivity index (χ2n) is 15.0. The van der Waals surface area contributed by atoms with Gasteiger partial charge in [0.2, 0.25) is 0 Å². The number of halogens is 2. The lowest BCUT2D eigenvalue weighted by atomic mass is 9.95. The van der Waals surface area contributed by atoms with Crippen molar-refractivity contribution >= 4 is 29.2 Å². The van der Waals surface area contributed by atoms with E-state index >= 15 is 0 Å². The number of ether oxygens (including phenoxy) is 2. The number of aromatic nitrogens is 2. The monoisotopic (exact) mass is 852 g/mol. The maximum atomic E-state index is 13.7. The average molecular weight is 853 g/mol. The third-order valence-electron chi connectivity index (χ3n) is 11.1. The van der Waals surface area contributed by atoms with Crippen molar-refractivity contribution in [3.8, 4) is 5.69 Å². The predicted molar refractivity (Wildman–Crippen MR) is 239 cm³/mol. The average Bonchev–Trinajstić information content (AvgIpc) is 3.70. The number of carbonyl (C=O) groups excluding carboxylic acids is 3. The molecule has 1 atom stereocenters. The van der Waals surface area contributed by atoms with E-state index in [0.717, 1.165) is 47.6 Å². The number of hydrazone groups is 1. The highest BCUT2D eigenvalue weighted by molar-refractivity contribution is 6.16. The van der Waals surface area contributed by atoms with Gasteiger partial charge in [-0.05, 0) is 96.8 Å². The maximum absolute atomic E-state index is 13.7. The number of nitrogens with zero attached hydrogens (tertiary/aromatic N) is 6. The molecule has 1 unspecified atom stereocenters. The van der Waals surface area contributed by atoms with Crippen LogP contribution in [0, 0.1) is 31.4 Å². The van der Waals surface area contributed by atoms with E-state index in [0.29, 0.717) is 66.2 Å². The molecule has 1 amide bonds. The molecule has 3 aliphatic rings. The molecule has 8 rings (SSSR count). The molecule has 14 heteroatoms. The smallest absolute Gasteiger partial charge is 0.337 e. The summed E-state index contributed by atoms with van der Waals surface area (Å²) in [5.41, 5.74) is 8.03. The molecule has 0 aliphatic carbocycles. The summed E-state index contributed by atoms with van der Waals surface area (Å²) < 4.78 is 40.2. The molecule has 330 valence electrons. The molecule has 0 radical (unpaired) electrons. The van der Waals surface area contributed by atoms with Crippen LogP contribution in [-0.4, -0.2) is 76.6 Å². The number of fused-ring (bicyclic) bond motifs is 2. The van der Waals surface area contributed by atoms with Crippen molar-refractivity contribution in [2.24, 2.45) is 18.1 Å². The lowest BCUT2D eigenvalue weighted by molar-refractivity contribution is -0.120. The normalized spacial score (nSPS) is 15.7. The van der Waals surface area contributed by atoms with E-state index < -0.39 is 0 Å². The van der Waals surface area contributed by atoms with Crippen LogP contribution in [-0.2, 0) is 47.4 Å². The molecule has 12 nitrogen and oxygen atoms in total. The number of amides is 1. The van der Waals surface area contributed by atoms with Gasteiger partial charge in [-0.15, -0.1) is 0 Å². The number of esters is 2. The number of carbonyl (C=O) groups is 3. The van der Waals surface area contributed by atoms with Gasteiger partial charge in [0.25, 0.3) is 11.5 Å². The molecule has 62 heavy (non-hydrogen) atoms. The highest BCUT2D eigenvalue weighted by Crippen LogP contribution is 2.30. The van der Waals surface area contributed by atoms with Crippen molar-refractivity contribution in [3.05, 3.63) is 152 Å². The highest BCUT2D eigenvalue weighted by Gasteiger charge is 2.40. The predicted octanol–water partition coefficient (Wildman–Crippen LogP) is 8.02. The number of benzene rings is 4. The van der Waals surface area contributed by atoms with E-state index in [1.807, 2.05) is 36.0 Å². The maximum Gasteiger partial charge on any atom is 0.337 e. The fourth-order valence-corrected chi connectivity index (χ4v) is 7.83. The van der Waals surface area contributed by atoms with Crippen LogP contribution in [0.25, 0.3) is 5.69 Å². The van der Waals surface area contributed by atoms with E-state index in [4.69, 9.17) is 9.47 Å². The van der Waals surface area contributed by atoms with Gasteiger partial charge in [-0.1, -0.05) is 46.5 Å². The number of rotatable bonds is 8. The van der Waals surface area contributed by atoms with E-state index in [9.17, 15) is 28.0 Å². The highest BCUT2D eigenvalue weighted by atomic mass is 19.1. The zero-order valence-electron chi connectivity index (χ0n) is 33.7. The minimum absolute atomic E-state index is 0. The summed E-state index contributed by atoms with van der Waals surface area (Å²) >= 11 is 0. The summed E-state index contributed by atoms with van der Waals surface area (Å²) in [5.74, 6) is -1.64. The first-order chi connectivity index (χ1) is 28.3. The summed E-state index contributed by atoms with van der Waals surface area (Å²) in [5, 5.41) is 5.92. The summed E-state index contributed by atoms with van der Waals surface area (Å²) in [7, 11) is 4.60. The van der Waals surface area contributed by atoms with E-state index in [2.05, 4.69) is 14.9 Å². The number of piperidine rings is 1. The van der Waals surface area contributed by atoms with Gasteiger partial charge >= 0.3 is 11.9 Å². The third kappa shape index (κ3) is 10.1. The molecule has 4 heterocycles. The zero-order chi connectivity index (χ0) is 42.0. The van der Waals surface area contributed by atoms with Gasteiger partial charge in [-0.2, -0.15) is 5.10 Å². The van der Waals surface area contributed by atoms with E-state index in [1.54, 1.807) is 67.1 Å². The summed E-state index contributed by atoms with van der Waals surface area (Å²) in [6, 6.07) is 24.0. The molecular weight excluding hydrogens is 795 g/mol. The van der Waals surface area contributed by atoms with Gasteiger partial charge in [0.15, 0.2) is 0 Å². The molecule has 5 aromatic rings. The Hall–Kier alpha value is -6.25. The Morgan fingerprint density at radius 2 is 1.21 bits per heavy atom. The molecule has 3 aliphatic heterocycles. The van der Waals surface area contributed by atoms with Gasteiger partial charge < -0.3 is 9.47 Å². The van der Waals surface area contributed by atoms with Crippen molar-refractivity contribution in [1.82, 2.24) is 19.2 Å². The first kappa shape index (κ1) is 48.4. The van der Waals surface area contributed by atoms with Crippen LogP contribution >= 0.6 is 0 Å². The number of likely N-dealkylation sites (tertiary alicyclic amines) is 1. The molecule has 0 saturated carbocycles.